The highest BCUT2D eigenvalue weighted by Gasteiger charge is 2.21. The van der Waals surface area contributed by atoms with Gasteiger partial charge in [0.2, 0.25) is 0 Å². The number of rotatable bonds is 5. The summed E-state index contributed by atoms with van der Waals surface area (Å²) in [6.45, 7) is 11.6. The van der Waals surface area contributed by atoms with Crippen molar-refractivity contribution in [2.75, 3.05) is 31.1 Å². The number of carbonyl (C=O) groups excluding carboxylic acids is 1. The van der Waals surface area contributed by atoms with Gasteiger partial charge in [-0.1, -0.05) is 24.3 Å². The van der Waals surface area contributed by atoms with Crippen LogP contribution in [0.3, 0.4) is 0 Å². The number of allylic oxidation sites excluding steroid dienone is 3. The molecule has 2 heterocycles. The maximum Gasteiger partial charge on any atom is 0.291 e. The van der Waals surface area contributed by atoms with Crippen LogP contribution in [0.25, 0.3) is 0 Å². The van der Waals surface area contributed by atoms with Gasteiger partial charge in [-0.15, -0.1) is 0 Å². The van der Waals surface area contributed by atoms with Crippen molar-refractivity contribution in [1.82, 2.24) is 10.2 Å². The lowest BCUT2D eigenvalue weighted by Gasteiger charge is -2.39. The lowest BCUT2D eigenvalue weighted by atomic mass is 10.1. The molecule has 1 aliphatic heterocycles. The second-order valence-electron chi connectivity index (χ2n) is 7.14. The molecule has 3 rings (SSSR count). The smallest absolute Gasteiger partial charge is 0.291 e. The first-order chi connectivity index (χ1) is 13.5. The van der Waals surface area contributed by atoms with Crippen molar-refractivity contribution in [3.05, 3.63) is 77.0 Å². The zero-order valence-corrected chi connectivity index (χ0v) is 17.2. The summed E-state index contributed by atoms with van der Waals surface area (Å²) in [5.41, 5.74) is 4.49. The van der Waals surface area contributed by atoms with Crippen LogP contribution in [0.1, 0.15) is 35.7 Å². The first-order valence-electron chi connectivity index (χ1n) is 9.76. The van der Waals surface area contributed by atoms with Gasteiger partial charge in [-0.25, -0.2) is 0 Å². The summed E-state index contributed by atoms with van der Waals surface area (Å²) in [7, 11) is 0. The van der Waals surface area contributed by atoms with Gasteiger partial charge in [-0.2, -0.15) is 0 Å². The third kappa shape index (κ3) is 4.47. The molecule has 1 aromatic carbocycles. The normalized spacial score (nSPS) is 15.7. The molecule has 1 N–H and O–H groups in total. The van der Waals surface area contributed by atoms with Crippen molar-refractivity contribution in [2.45, 2.75) is 27.7 Å². The van der Waals surface area contributed by atoms with Crippen LogP contribution in [0.15, 0.2) is 64.4 Å². The van der Waals surface area contributed by atoms with Crippen molar-refractivity contribution >= 4 is 11.6 Å². The average Bonchev–Trinajstić information content (AvgIpc) is 3.13. The number of aryl methyl sites for hydroxylation is 2. The van der Waals surface area contributed by atoms with E-state index in [0.29, 0.717) is 5.76 Å². The van der Waals surface area contributed by atoms with Crippen molar-refractivity contribution in [3.63, 3.8) is 0 Å². The molecule has 0 bridgehead atoms. The van der Waals surface area contributed by atoms with Gasteiger partial charge in [0.1, 0.15) is 5.76 Å². The van der Waals surface area contributed by atoms with Gasteiger partial charge < -0.3 is 19.5 Å². The number of piperazine rings is 1. The monoisotopic (exact) mass is 379 g/mol. The largest absolute Gasteiger partial charge is 0.456 e. The van der Waals surface area contributed by atoms with Crippen LogP contribution in [-0.4, -0.2) is 37.0 Å². The molecule has 28 heavy (non-hydrogen) atoms. The first kappa shape index (κ1) is 19.8. The molecule has 1 aliphatic rings. The molecular formula is C23H29N3O2. The van der Waals surface area contributed by atoms with Crippen LogP contribution in [0.4, 0.5) is 5.69 Å². The number of benzene rings is 1. The Morgan fingerprint density at radius 2 is 1.79 bits per heavy atom. The predicted octanol–water partition coefficient (Wildman–Crippen LogP) is 4.26. The molecule has 5 nitrogen and oxygen atoms in total. The zero-order valence-electron chi connectivity index (χ0n) is 17.2. The van der Waals surface area contributed by atoms with Crippen LogP contribution < -0.4 is 10.2 Å². The summed E-state index contributed by atoms with van der Waals surface area (Å²) < 4.78 is 5.43. The van der Waals surface area contributed by atoms with Crippen LogP contribution in [0.2, 0.25) is 0 Å². The van der Waals surface area contributed by atoms with E-state index in [0.717, 1.165) is 43.3 Å². The van der Waals surface area contributed by atoms with Gasteiger partial charge in [0.25, 0.3) is 5.91 Å². The van der Waals surface area contributed by atoms with Gasteiger partial charge in [-0.3, -0.25) is 4.79 Å². The third-order valence-electron chi connectivity index (χ3n) is 5.05. The quantitative estimate of drug-likeness (QED) is 0.789. The minimum Gasteiger partial charge on any atom is -0.456 e. The Kier molecular flexibility index (Phi) is 6.24. The molecule has 0 atom stereocenters. The summed E-state index contributed by atoms with van der Waals surface area (Å²) in [5.74, 6) is 0.847. The Hall–Kier alpha value is -2.95. The Morgan fingerprint density at radius 1 is 1.07 bits per heavy atom. The van der Waals surface area contributed by atoms with Gasteiger partial charge in [0.05, 0.1) is 5.70 Å². The minimum absolute atomic E-state index is 0.217. The highest BCUT2D eigenvalue weighted by molar-refractivity contribution is 5.92. The van der Waals surface area contributed by atoms with Crippen molar-refractivity contribution in [3.8, 4) is 0 Å². The molecule has 1 fully saturated rings. The number of nitrogens with one attached hydrogen (secondary N) is 1. The van der Waals surface area contributed by atoms with Crippen LogP contribution >= 0.6 is 0 Å². The summed E-state index contributed by atoms with van der Waals surface area (Å²) in [5, 5.41) is 2.98. The van der Waals surface area contributed by atoms with Gasteiger partial charge >= 0.3 is 0 Å². The van der Waals surface area contributed by atoms with Crippen LogP contribution in [0, 0.1) is 13.8 Å². The number of amides is 1. The third-order valence-corrected chi connectivity index (χ3v) is 5.05. The maximum absolute atomic E-state index is 12.4. The SMILES string of the molecule is C/C=C\C(=C(/C)NC(=O)c1ccc(C)o1)N1CCN(c2ccccc2C)CC1. The number of hydrogen-bond acceptors (Lipinski definition) is 4. The molecule has 1 saturated heterocycles. The second kappa shape index (κ2) is 8.83. The van der Waals surface area contributed by atoms with Crippen molar-refractivity contribution < 1.29 is 9.21 Å². The van der Waals surface area contributed by atoms with Crippen molar-refractivity contribution in [2.24, 2.45) is 0 Å². The van der Waals surface area contributed by atoms with E-state index in [9.17, 15) is 4.79 Å². The highest BCUT2D eigenvalue weighted by atomic mass is 16.3. The summed E-state index contributed by atoms with van der Waals surface area (Å²) in [6.07, 6.45) is 4.07. The Bertz CT molecular complexity index is 887. The van der Waals surface area contributed by atoms with Crippen molar-refractivity contribution in [1.29, 1.82) is 0 Å². The van der Waals surface area contributed by atoms with Crippen LogP contribution in [-0.2, 0) is 0 Å². The standard InChI is InChI=1S/C23H29N3O2/c1-5-8-21(19(4)24-23(27)22-12-11-18(3)28-22)26-15-13-25(14-16-26)20-10-7-6-9-17(20)2/h5-12H,13-16H2,1-4H3,(H,24,27)/b8-5-,21-19-. The first-order valence-corrected chi connectivity index (χ1v) is 9.76. The number of carbonyl (C=O) groups is 1. The number of anilines is 1. The molecule has 1 aromatic heterocycles. The summed E-state index contributed by atoms with van der Waals surface area (Å²) in [4.78, 5) is 17.2. The minimum atomic E-state index is -0.217. The van der Waals surface area contributed by atoms with Gasteiger partial charge in [0, 0.05) is 37.6 Å². The number of nitrogens with zero attached hydrogens (tertiary/aromatic N) is 2. The molecule has 5 heteroatoms. The Balaban J connectivity index is 1.71. The molecule has 0 radical (unpaired) electrons. The van der Waals surface area contributed by atoms with Crippen LogP contribution in [0.5, 0.6) is 0 Å². The van der Waals surface area contributed by atoms with E-state index in [1.807, 2.05) is 26.8 Å². The molecular weight excluding hydrogens is 350 g/mol. The summed E-state index contributed by atoms with van der Waals surface area (Å²) >= 11 is 0. The van der Waals surface area contributed by atoms with E-state index in [-0.39, 0.29) is 5.91 Å². The Morgan fingerprint density at radius 3 is 2.39 bits per heavy atom. The van der Waals surface area contributed by atoms with E-state index in [2.05, 4.69) is 52.4 Å². The van der Waals surface area contributed by atoms with Gasteiger partial charge in [-0.05, 0) is 57.5 Å². The fourth-order valence-corrected chi connectivity index (χ4v) is 3.58. The molecule has 148 valence electrons. The predicted molar refractivity (Wildman–Crippen MR) is 113 cm³/mol. The van der Waals surface area contributed by atoms with Gasteiger partial charge in [0.15, 0.2) is 5.76 Å². The molecule has 0 aliphatic carbocycles. The molecule has 0 saturated carbocycles. The maximum atomic E-state index is 12.4. The van der Waals surface area contributed by atoms with E-state index in [4.69, 9.17) is 4.42 Å². The molecule has 2 aromatic rings. The molecule has 0 unspecified atom stereocenters. The zero-order chi connectivity index (χ0) is 20.1. The number of para-hydroxylation sites is 1. The lowest BCUT2D eigenvalue weighted by Crippen LogP contribution is -2.46. The van der Waals surface area contributed by atoms with E-state index in [1.165, 1.54) is 11.3 Å². The number of hydrogen-bond donors (Lipinski definition) is 1. The fraction of sp³-hybridized carbons (Fsp3) is 0.348. The summed E-state index contributed by atoms with van der Waals surface area (Å²) in [6, 6.07) is 12.0. The average molecular weight is 380 g/mol. The molecule has 1 amide bonds. The molecule has 0 spiro atoms. The van der Waals surface area contributed by atoms with E-state index in [1.54, 1.807) is 12.1 Å². The Labute approximate surface area is 167 Å². The lowest BCUT2D eigenvalue weighted by molar-refractivity contribution is 0.0936. The fourth-order valence-electron chi connectivity index (χ4n) is 3.58. The topological polar surface area (TPSA) is 48.7 Å². The number of furan rings is 1. The highest BCUT2D eigenvalue weighted by Crippen LogP contribution is 2.23. The van der Waals surface area contributed by atoms with E-state index < -0.39 is 0 Å². The second-order valence-corrected chi connectivity index (χ2v) is 7.14. The van der Waals surface area contributed by atoms with E-state index >= 15 is 0 Å².